The third kappa shape index (κ3) is 1.48. The van der Waals surface area contributed by atoms with Crippen LogP contribution in [0.25, 0.3) is 0 Å². The lowest BCUT2D eigenvalue weighted by molar-refractivity contribution is 0.222. The molecule has 1 aromatic rings. The zero-order chi connectivity index (χ0) is 8.27. The molecule has 0 saturated heterocycles. The van der Waals surface area contributed by atoms with E-state index in [2.05, 4.69) is 10.2 Å². The monoisotopic (exact) mass is 157 g/mol. The van der Waals surface area contributed by atoms with E-state index in [0.717, 1.165) is 6.42 Å². The Hall–Kier alpha value is -1.10. The van der Waals surface area contributed by atoms with Crippen LogP contribution >= 0.6 is 0 Å². The molecule has 0 radical (unpaired) electrons. The summed E-state index contributed by atoms with van der Waals surface area (Å²) in [5.74, 6) is 0. The van der Waals surface area contributed by atoms with E-state index in [1.165, 1.54) is 10.9 Å². The smallest absolute Gasteiger partial charge is 0.343 e. The van der Waals surface area contributed by atoms with Crippen LogP contribution in [0.5, 0.6) is 0 Å². The fourth-order valence-corrected chi connectivity index (χ4v) is 0.930. The standard InChI is InChI=1S/C6H11N3O2/c1-2-5(3-10)9-4-7-8-6(9)11/h4-5,10H,2-3H2,1H3,(H,8,11)/t5-/m1/s1. The topological polar surface area (TPSA) is 70.9 Å². The number of hydrogen-bond acceptors (Lipinski definition) is 3. The van der Waals surface area contributed by atoms with Gasteiger partial charge in [0.2, 0.25) is 0 Å². The van der Waals surface area contributed by atoms with Gasteiger partial charge in [-0.15, -0.1) is 0 Å². The maximum atomic E-state index is 10.9. The molecule has 0 unspecified atom stereocenters. The lowest BCUT2D eigenvalue weighted by Gasteiger charge is -2.09. The Balaban J connectivity index is 2.90. The van der Waals surface area contributed by atoms with E-state index in [-0.39, 0.29) is 18.3 Å². The summed E-state index contributed by atoms with van der Waals surface area (Å²) >= 11 is 0. The van der Waals surface area contributed by atoms with Gasteiger partial charge in [-0.25, -0.2) is 9.89 Å². The molecule has 0 aliphatic carbocycles. The summed E-state index contributed by atoms with van der Waals surface area (Å²) in [4.78, 5) is 10.9. The number of aromatic amines is 1. The Morgan fingerprint density at radius 1 is 1.91 bits per heavy atom. The molecule has 0 bridgehead atoms. The molecule has 1 rings (SSSR count). The van der Waals surface area contributed by atoms with Crippen molar-refractivity contribution in [1.29, 1.82) is 0 Å². The van der Waals surface area contributed by atoms with Gasteiger partial charge >= 0.3 is 5.69 Å². The summed E-state index contributed by atoms with van der Waals surface area (Å²) in [7, 11) is 0. The summed E-state index contributed by atoms with van der Waals surface area (Å²) in [6.07, 6.45) is 2.11. The van der Waals surface area contributed by atoms with E-state index in [4.69, 9.17) is 5.11 Å². The molecule has 5 nitrogen and oxygen atoms in total. The number of H-pyrrole nitrogens is 1. The molecule has 0 aliphatic rings. The van der Waals surface area contributed by atoms with Crippen molar-refractivity contribution in [1.82, 2.24) is 14.8 Å². The van der Waals surface area contributed by atoms with Crippen LogP contribution in [-0.4, -0.2) is 26.5 Å². The first-order valence-corrected chi connectivity index (χ1v) is 3.52. The van der Waals surface area contributed by atoms with E-state index in [0.29, 0.717) is 0 Å². The van der Waals surface area contributed by atoms with Gasteiger partial charge in [0, 0.05) is 0 Å². The highest BCUT2D eigenvalue weighted by atomic mass is 16.3. The average Bonchev–Trinajstić information content (AvgIpc) is 2.40. The molecule has 5 heteroatoms. The Labute approximate surface area is 63.7 Å². The number of aliphatic hydroxyl groups is 1. The number of aromatic nitrogens is 3. The summed E-state index contributed by atoms with van der Waals surface area (Å²) in [6, 6.07) is -0.152. The molecule has 0 aliphatic heterocycles. The van der Waals surface area contributed by atoms with Crippen molar-refractivity contribution in [2.45, 2.75) is 19.4 Å². The third-order valence-electron chi connectivity index (χ3n) is 1.65. The lowest BCUT2D eigenvalue weighted by atomic mass is 10.2. The van der Waals surface area contributed by atoms with E-state index >= 15 is 0 Å². The second-order valence-corrected chi connectivity index (χ2v) is 2.31. The average molecular weight is 157 g/mol. The van der Waals surface area contributed by atoms with E-state index < -0.39 is 0 Å². The highest BCUT2D eigenvalue weighted by Crippen LogP contribution is 2.04. The number of hydrogen-bond donors (Lipinski definition) is 2. The number of nitrogens with one attached hydrogen (secondary N) is 1. The molecule has 0 amide bonds. The molecule has 0 spiro atoms. The Morgan fingerprint density at radius 2 is 2.64 bits per heavy atom. The van der Waals surface area contributed by atoms with Crippen molar-refractivity contribution in [2.75, 3.05) is 6.61 Å². The summed E-state index contributed by atoms with van der Waals surface area (Å²) in [5.41, 5.74) is -0.272. The van der Waals surface area contributed by atoms with E-state index in [9.17, 15) is 4.79 Å². The van der Waals surface area contributed by atoms with Gasteiger partial charge in [-0.2, -0.15) is 5.10 Å². The van der Waals surface area contributed by atoms with Crippen LogP contribution in [0.3, 0.4) is 0 Å². The highest BCUT2D eigenvalue weighted by Gasteiger charge is 2.08. The zero-order valence-electron chi connectivity index (χ0n) is 6.32. The second kappa shape index (κ2) is 3.34. The van der Waals surface area contributed by atoms with Crippen LogP contribution < -0.4 is 5.69 Å². The molecule has 1 aromatic heterocycles. The maximum absolute atomic E-state index is 10.9. The molecule has 1 atom stereocenters. The normalized spacial score (nSPS) is 13.3. The third-order valence-corrected chi connectivity index (χ3v) is 1.65. The molecule has 2 N–H and O–H groups in total. The summed E-state index contributed by atoms with van der Waals surface area (Å²) < 4.78 is 1.39. The van der Waals surface area contributed by atoms with Crippen LogP contribution in [-0.2, 0) is 0 Å². The number of nitrogens with zero attached hydrogens (tertiary/aromatic N) is 2. The van der Waals surface area contributed by atoms with Gasteiger partial charge in [0.1, 0.15) is 6.33 Å². The summed E-state index contributed by atoms with van der Waals surface area (Å²) in [6.45, 7) is 1.87. The van der Waals surface area contributed by atoms with Crippen LogP contribution in [0.4, 0.5) is 0 Å². The largest absolute Gasteiger partial charge is 0.394 e. The van der Waals surface area contributed by atoms with Crippen molar-refractivity contribution in [3.05, 3.63) is 16.8 Å². The Bertz CT molecular complexity index is 261. The first kappa shape index (κ1) is 8.00. The van der Waals surface area contributed by atoms with Crippen LogP contribution in [0.15, 0.2) is 11.1 Å². The first-order valence-electron chi connectivity index (χ1n) is 3.52. The van der Waals surface area contributed by atoms with Gasteiger partial charge in [0.15, 0.2) is 0 Å². The molecule has 62 valence electrons. The molecule has 11 heavy (non-hydrogen) atoms. The predicted molar refractivity (Wildman–Crippen MR) is 39.3 cm³/mol. The molecule has 0 aromatic carbocycles. The number of aliphatic hydroxyl groups excluding tert-OH is 1. The molecular formula is C6H11N3O2. The summed E-state index contributed by atoms with van der Waals surface area (Å²) in [5, 5.41) is 14.6. The molecule has 0 fully saturated rings. The van der Waals surface area contributed by atoms with Crippen LogP contribution in [0.2, 0.25) is 0 Å². The molecular weight excluding hydrogens is 146 g/mol. The van der Waals surface area contributed by atoms with E-state index in [1.807, 2.05) is 6.92 Å². The lowest BCUT2D eigenvalue weighted by Crippen LogP contribution is -2.23. The predicted octanol–water partition coefficient (Wildman–Crippen LogP) is -0.485. The Morgan fingerprint density at radius 3 is 3.00 bits per heavy atom. The zero-order valence-corrected chi connectivity index (χ0v) is 6.32. The van der Waals surface area contributed by atoms with Crippen LogP contribution in [0, 0.1) is 0 Å². The fourth-order valence-electron chi connectivity index (χ4n) is 0.930. The minimum absolute atomic E-state index is 0.0318. The maximum Gasteiger partial charge on any atom is 0.343 e. The minimum Gasteiger partial charge on any atom is -0.394 e. The van der Waals surface area contributed by atoms with Crippen molar-refractivity contribution >= 4 is 0 Å². The van der Waals surface area contributed by atoms with Crippen molar-refractivity contribution in [3.63, 3.8) is 0 Å². The first-order chi connectivity index (χ1) is 5.29. The SMILES string of the molecule is CC[C@H](CO)n1cn[nH]c1=O. The molecule has 1 heterocycles. The van der Waals surface area contributed by atoms with Crippen molar-refractivity contribution in [3.8, 4) is 0 Å². The van der Waals surface area contributed by atoms with Crippen molar-refractivity contribution < 1.29 is 5.11 Å². The van der Waals surface area contributed by atoms with Gasteiger partial charge in [0.25, 0.3) is 0 Å². The van der Waals surface area contributed by atoms with Gasteiger partial charge in [-0.05, 0) is 6.42 Å². The van der Waals surface area contributed by atoms with Gasteiger partial charge in [-0.1, -0.05) is 6.92 Å². The fraction of sp³-hybridized carbons (Fsp3) is 0.667. The quantitative estimate of drug-likeness (QED) is 0.622. The van der Waals surface area contributed by atoms with Gasteiger partial charge in [0.05, 0.1) is 12.6 Å². The Kier molecular flexibility index (Phi) is 2.43. The second-order valence-electron chi connectivity index (χ2n) is 2.31. The number of rotatable bonds is 3. The van der Waals surface area contributed by atoms with E-state index in [1.54, 1.807) is 0 Å². The highest BCUT2D eigenvalue weighted by molar-refractivity contribution is 4.71. The van der Waals surface area contributed by atoms with Crippen LogP contribution in [0.1, 0.15) is 19.4 Å². The molecule has 0 saturated carbocycles. The van der Waals surface area contributed by atoms with Gasteiger partial charge in [-0.3, -0.25) is 4.57 Å². The minimum atomic E-state index is -0.272. The van der Waals surface area contributed by atoms with Crippen molar-refractivity contribution in [2.24, 2.45) is 0 Å². The van der Waals surface area contributed by atoms with Gasteiger partial charge < -0.3 is 5.11 Å².